The molecule has 1 aromatic heterocycles. The molecule has 0 amide bonds. The van der Waals surface area contributed by atoms with Gasteiger partial charge in [0.2, 0.25) is 0 Å². The summed E-state index contributed by atoms with van der Waals surface area (Å²) in [4.78, 5) is 4.10. The highest BCUT2D eigenvalue weighted by molar-refractivity contribution is 7.33. The maximum Gasteiger partial charge on any atom is 0.319 e. The van der Waals surface area contributed by atoms with Gasteiger partial charge in [-0.3, -0.25) is 4.57 Å². The summed E-state index contributed by atoms with van der Waals surface area (Å²) in [6.07, 6.45) is 4.79. The van der Waals surface area contributed by atoms with Gasteiger partial charge in [0.25, 0.3) is 0 Å². The third-order valence-corrected chi connectivity index (χ3v) is 2.81. The summed E-state index contributed by atoms with van der Waals surface area (Å²) < 4.78 is 21.6. The molecule has 0 radical (unpaired) electrons. The topological polar surface area (TPSA) is 53.4 Å². The van der Waals surface area contributed by atoms with E-state index in [1.807, 2.05) is 24.0 Å². The predicted molar refractivity (Wildman–Crippen MR) is 64.8 cm³/mol. The van der Waals surface area contributed by atoms with Crippen LogP contribution in [0.25, 0.3) is 0 Å². The number of aryl methyl sites for hydroxylation is 2. The van der Waals surface area contributed by atoms with Gasteiger partial charge in [-0.15, -0.1) is 0 Å². The minimum atomic E-state index is -2.14. The molecule has 0 aliphatic carbocycles. The van der Waals surface area contributed by atoms with Crippen LogP contribution in [-0.2, 0) is 27.1 Å². The van der Waals surface area contributed by atoms with E-state index in [1.54, 1.807) is 13.8 Å². The van der Waals surface area contributed by atoms with Gasteiger partial charge in [0.15, 0.2) is 0 Å². The molecule has 0 N–H and O–H groups in total. The Kier molecular flexibility index (Phi) is 9.19. The normalized spacial score (nSPS) is 10.1. The molecular weight excluding hydrogens is 227 g/mol. The molecule has 0 atom stereocenters. The first-order valence-corrected chi connectivity index (χ1v) is 6.63. The molecule has 0 unspecified atom stereocenters. The van der Waals surface area contributed by atoms with Crippen LogP contribution < -0.4 is 0 Å². The average molecular weight is 248 g/mol. The van der Waals surface area contributed by atoms with Crippen molar-refractivity contribution in [1.29, 1.82) is 0 Å². The highest BCUT2D eigenvalue weighted by Crippen LogP contribution is 2.21. The molecule has 1 aromatic rings. The smallest absolute Gasteiger partial charge is 0.319 e. The maximum absolute atomic E-state index is 10.4. The Morgan fingerprint density at radius 3 is 2.12 bits per heavy atom. The van der Waals surface area contributed by atoms with Crippen molar-refractivity contribution < 1.29 is 13.6 Å². The Bertz CT molecular complexity index is 294. The van der Waals surface area contributed by atoms with Crippen molar-refractivity contribution in [3.05, 3.63) is 18.2 Å². The first-order valence-electron chi connectivity index (χ1n) is 5.41. The summed E-state index contributed by atoms with van der Waals surface area (Å²) in [5, 5.41) is 0. The van der Waals surface area contributed by atoms with E-state index in [-0.39, 0.29) is 0 Å². The second-order valence-electron chi connectivity index (χ2n) is 2.92. The van der Waals surface area contributed by atoms with Crippen molar-refractivity contribution in [3.8, 4) is 0 Å². The van der Waals surface area contributed by atoms with Crippen LogP contribution in [0, 0.1) is 0 Å². The first-order chi connectivity index (χ1) is 7.65. The minimum Gasteiger partial charge on any atom is -0.338 e. The molecule has 1 heterocycles. The van der Waals surface area contributed by atoms with Gasteiger partial charge < -0.3 is 13.6 Å². The summed E-state index contributed by atoms with van der Waals surface area (Å²) in [6.45, 7) is 6.57. The SMILES string of the molecule is CCO[PH](=O)OCC.CCc1nccn1C. The minimum absolute atomic E-state index is 0.456. The summed E-state index contributed by atoms with van der Waals surface area (Å²) in [5.74, 6) is 1.14. The maximum atomic E-state index is 10.4. The molecule has 0 aliphatic heterocycles. The van der Waals surface area contributed by atoms with Crippen LogP contribution in [0.4, 0.5) is 0 Å². The average Bonchev–Trinajstić information content (AvgIpc) is 2.65. The summed E-state index contributed by atoms with van der Waals surface area (Å²) in [7, 11) is -0.136. The summed E-state index contributed by atoms with van der Waals surface area (Å²) in [5.41, 5.74) is 0. The second-order valence-corrected chi connectivity index (χ2v) is 4.00. The van der Waals surface area contributed by atoms with Gasteiger partial charge in [-0.1, -0.05) is 6.92 Å². The molecule has 0 saturated heterocycles. The zero-order valence-electron chi connectivity index (χ0n) is 10.4. The fraction of sp³-hybridized carbons (Fsp3) is 0.700. The number of aromatic nitrogens is 2. The molecule has 5 nitrogen and oxygen atoms in total. The first kappa shape index (κ1) is 15.4. The van der Waals surface area contributed by atoms with Crippen LogP contribution in [-0.4, -0.2) is 22.8 Å². The lowest BCUT2D eigenvalue weighted by atomic mass is 10.5. The number of nitrogens with zero attached hydrogens (tertiary/aromatic N) is 2. The number of hydrogen-bond donors (Lipinski definition) is 0. The Hall–Kier alpha value is -0.640. The van der Waals surface area contributed by atoms with Crippen LogP contribution in [0.1, 0.15) is 26.6 Å². The van der Waals surface area contributed by atoms with E-state index in [0.29, 0.717) is 13.2 Å². The quantitative estimate of drug-likeness (QED) is 0.751. The third kappa shape index (κ3) is 6.77. The second kappa shape index (κ2) is 9.58. The molecule has 1 rings (SSSR count). The zero-order chi connectivity index (χ0) is 12.4. The molecule has 6 heteroatoms. The molecule has 0 spiro atoms. The highest BCUT2D eigenvalue weighted by atomic mass is 31.1. The van der Waals surface area contributed by atoms with Crippen LogP contribution in [0.15, 0.2) is 12.4 Å². The van der Waals surface area contributed by atoms with Gasteiger partial charge in [-0.2, -0.15) is 0 Å². The Labute approximate surface area is 97.7 Å². The van der Waals surface area contributed by atoms with Crippen LogP contribution >= 0.6 is 8.25 Å². The Balaban J connectivity index is 0.000000281. The molecule has 0 saturated carbocycles. The molecule has 16 heavy (non-hydrogen) atoms. The lowest BCUT2D eigenvalue weighted by molar-refractivity contribution is 0.243. The van der Waals surface area contributed by atoms with Crippen LogP contribution in [0.3, 0.4) is 0 Å². The molecular formula is C10H21N2O3P. The van der Waals surface area contributed by atoms with E-state index in [2.05, 4.69) is 21.0 Å². The van der Waals surface area contributed by atoms with Gasteiger partial charge in [0, 0.05) is 25.9 Å². The summed E-state index contributed by atoms with van der Waals surface area (Å²) >= 11 is 0. The van der Waals surface area contributed by atoms with E-state index >= 15 is 0 Å². The van der Waals surface area contributed by atoms with Gasteiger partial charge in [-0.05, 0) is 13.8 Å². The van der Waals surface area contributed by atoms with E-state index in [1.165, 1.54) is 0 Å². The molecule has 94 valence electrons. The van der Waals surface area contributed by atoms with Crippen molar-refractivity contribution in [3.63, 3.8) is 0 Å². The van der Waals surface area contributed by atoms with Gasteiger partial charge >= 0.3 is 8.25 Å². The zero-order valence-corrected chi connectivity index (χ0v) is 11.4. The van der Waals surface area contributed by atoms with E-state index in [0.717, 1.165) is 12.2 Å². The number of imidazole rings is 1. The Morgan fingerprint density at radius 2 is 1.88 bits per heavy atom. The Morgan fingerprint density at radius 1 is 1.31 bits per heavy atom. The lowest BCUT2D eigenvalue weighted by Gasteiger charge is -1.97. The molecule has 0 fully saturated rings. The van der Waals surface area contributed by atoms with Crippen molar-refractivity contribution in [1.82, 2.24) is 9.55 Å². The van der Waals surface area contributed by atoms with E-state index in [4.69, 9.17) is 0 Å². The van der Waals surface area contributed by atoms with Crippen molar-refractivity contribution in [2.45, 2.75) is 27.2 Å². The third-order valence-electron chi connectivity index (χ3n) is 1.76. The fourth-order valence-electron chi connectivity index (χ4n) is 1.01. The van der Waals surface area contributed by atoms with Crippen LogP contribution in [0.2, 0.25) is 0 Å². The van der Waals surface area contributed by atoms with Gasteiger partial charge in [0.05, 0.1) is 13.2 Å². The number of rotatable bonds is 5. The molecule has 0 bridgehead atoms. The highest BCUT2D eigenvalue weighted by Gasteiger charge is 1.91. The molecule has 0 aromatic carbocycles. The van der Waals surface area contributed by atoms with Crippen molar-refractivity contribution in [2.24, 2.45) is 7.05 Å². The fourth-order valence-corrected chi connectivity index (χ4v) is 1.57. The lowest BCUT2D eigenvalue weighted by Crippen LogP contribution is -1.92. The van der Waals surface area contributed by atoms with Gasteiger partial charge in [0.1, 0.15) is 5.82 Å². The number of hydrogen-bond acceptors (Lipinski definition) is 4. The largest absolute Gasteiger partial charge is 0.338 e. The van der Waals surface area contributed by atoms with Crippen LogP contribution in [0.5, 0.6) is 0 Å². The predicted octanol–water partition coefficient (Wildman–Crippen LogP) is 2.43. The van der Waals surface area contributed by atoms with E-state index < -0.39 is 8.25 Å². The van der Waals surface area contributed by atoms with Crippen molar-refractivity contribution >= 4 is 8.25 Å². The standard InChI is InChI=1S/C6H10N2.C4H11O3P/c1-3-6-7-4-5-8(6)2;1-3-6-8(5)7-4-2/h4-5H,3H2,1-2H3;8H,3-4H2,1-2H3. The molecule has 0 aliphatic rings. The van der Waals surface area contributed by atoms with E-state index in [9.17, 15) is 4.57 Å². The monoisotopic (exact) mass is 248 g/mol. The summed E-state index contributed by atoms with van der Waals surface area (Å²) in [6, 6.07) is 0. The van der Waals surface area contributed by atoms with Gasteiger partial charge in [-0.25, -0.2) is 4.98 Å². The van der Waals surface area contributed by atoms with Crippen molar-refractivity contribution in [2.75, 3.05) is 13.2 Å².